The molecule has 0 fully saturated rings. The minimum absolute atomic E-state index is 0.146. The van der Waals surface area contributed by atoms with Gasteiger partial charge in [0.15, 0.2) is 22.6 Å². The van der Waals surface area contributed by atoms with E-state index in [2.05, 4.69) is 27.2 Å². The van der Waals surface area contributed by atoms with Crippen LogP contribution in [0.2, 0.25) is 0 Å². The molecule has 1 aromatic heterocycles. The Bertz CT molecular complexity index is 878. The monoisotopic (exact) mass is 412 g/mol. The maximum atomic E-state index is 13.8. The fourth-order valence-corrected chi connectivity index (χ4v) is 3.86. The first-order valence-electron chi connectivity index (χ1n) is 7.96. The van der Waals surface area contributed by atoms with Gasteiger partial charge in [-0.3, -0.25) is 0 Å². The molecular weight excluding hydrogens is 394 g/mol. The lowest BCUT2D eigenvalue weighted by Crippen LogP contribution is -2.43. The molecule has 27 heavy (non-hydrogen) atoms. The minimum Gasteiger partial charge on any atom is -0.394 e. The van der Waals surface area contributed by atoms with Crippen molar-refractivity contribution in [2.24, 2.45) is 0 Å². The summed E-state index contributed by atoms with van der Waals surface area (Å²) in [6, 6.07) is 4.01. The molecule has 3 rings (SSSR count). The third kappa shape index (κ3) is 4.34. The van der Waals surface area contributed by atoms with Crippen LogP contribution in [-0.2, 0) is 5.75 Å². The van der Waals surface area contributed by atoms with Crippen molar-refractivity contribution in [3.63, 3.8) is 0 Å². The van der Waals surface area contributed by atoms with Crippen molar-refractivity contribution in [1.29, 1.82) is 0 Å². The molecular formula is C17H18F2N4O2S2. The van der Waals surface area contributed by atoms with Gasteiger partial charge in [0.25, 0.3) is 0 Å². The van der Waals surface area contributed by atoms with E-state index in [1.54, 1.807) is 6.92 Å². The van der Waals surface area contributed by atoms with Gasteiger partial charge in [0, 0.05) is 11.3 Å². The minimum atomic E-state index is -0.983. The predicted octanol–water partition coefficient (Wildman–Crippen LogP) is 3.19. The van der Waals surface area contributed by atoms with Gasteiger partial charge >= 0.3 is 0 Å². The first-order chi connectivity index (χ1) is 12.8. The van der Waals surface area contributed by atoms with Crippen molar-refractivity contribution in [3.05, 3.63) is 47.0 Å². The Kier molecular flexibility index (Phi) is 5.89. The standard InChI is InChI=1S/C17H18F2N4O2S2/c1-9-20-14-13(27-9)15(23-17(2,7-24)8-25)22-16(21-14)26-6-10-4-3-5-11(18)12(10)19/h3-5,24-25H,1,6-8H2,2H3,(H2,20,21,22,23). The van der Waals surface area contributed by atoms with Gasteiger partial charge in [-0.1, -0.05) is 42.2 Å². The quantitative estimate of drug-likeness (QED) is 0.407. The molecule has 1 aromatic carbocycles. The number of aliphatic hydroxyl groups is 2. The number of rotatable bonds is 7. The van der Waals surface area contributed by atoms with Crippen molar-refractivity contribution >= 4 is 35.2 Å². The molecule has 6 nitrogen and oxygen atoms in total. The predicted molar refractivity (Wildman–Crippen MR) is 103 cm³/mol. The highest BCUT2D eigenvalue weighted by atomic mass is 32.2. The molecule has 144 valence electrons. The summed E-state index contributed by atoms with van der Waals surface area (Å²) >= 11 is 2.48. The normalized spacial score (nSPS) is 13.4. The van der Waals surface area contributed by atoms with Crippen molar-refractivity contribution in [2.75, 3.05) is 23.8 Å². The lowest BCUT2D eigenvalue weighted by molar-refractivity contribution is 0.147. The van der Waals surface area contributed by atoms with E-state index in [9.17, 15) is 19.0 Å². The molecule has 0 atom stereocenters. The summed E-state index contributed by atoms with van der Waals surface area (Å²) in [5, 5.41) is 26.1. The number of halogens is 2. The van der Waals surface area contributed by atoms with Gasteiger partial charge in [-0.05, 0) is 13.0 Å². The summed E-state index contributed by atoms with van der Waals surface area (Å²) in [4.78, 5) is 9.51. The number of hydrogen-bond donors (Lipinski definition) is 4. The third-order valence-electron chi connectivity index (χ3n) is 3.83. The van der Waals surface area contributed by atoms with E-state index in [0.717, 1.165) is 17.8 Å². The Balaban J connectivity index is 1.88. The van der Waals surface area contributed by atoms with Crippen LogP contribution in [0.25, 0.3) is 0 Å². The molecule has 1 aliphatic rings. The van der Waals surface area contributed by atoms with E-state index in [0.29, 0.717) is 26.7 Å². The number of aromatic nitrogens is 2. The van der Waals surface area contributed by atoms with Crippen LogP contribution < -0.4 is 10.6 Å². The molecule has 0 saturated heterocycles. The lowest BCUT2D eigenvalue weighted by Gasteiger charge is -2.27. The van der Waals surface area contributed by atoms with Gasteiger partial charge in [0.1, 0.15) is 5.82 Å². The third-order valence-corrected chi connectivity index (χ3v) is 5.67. The van der Waals surface area contributed by atoms with Crippen molar-refractivity contribution in [1.82, 2.24) is 9.97 Å². The Morgan fingerprint density at radius 2 is 2.04 bits per heavy atom. The topological polar surface area (TPSA) is 90.3 Å². The zero-order valence-corrected chi connectivity index (χ0v) is 16.1. The summed E-state index contributed by atoms with van der Waals surface area (Å²) in [7, 11) is 0. The molecule has 0 aliphatic carbocycles. The number of nitrogens with zero attached hydrogens (tertiary/aromatic N) is 2. The fourth-order valence-electron chi connectivity index (χ4n) is 2.26. The fraction of sp³-hybridized carbons (Fsp3) is 0.294. The van der Waals surface area contributed by atoms with E-state index in [-0.39, 0.29) is 24.5 Å². The van der Waals surface area contributed by atoms with E-state index in [1.807, 2.05) is 0 Å². The molecule has 2 heterocycles. The van der Waals surface area contributed by atoms with Crippen LogP contribution in [0.4, 0.5) is 20.4 Å². The maximum absolute atomic E-state index is 13.8. The number of benzene rings is 1. The van der Waals surface area contributed by atoms with Gasteiger partial charge < -0.3 is 20.8 Å². The highest BCUT2D eigenvalue weighted by Gasteiger charge is 2.29. The molecule has 1 aliphatic heterocycles. The Morgan fingerprint density at radius 1 is 1.30 bits per heavy atom. The summed E-state index contributed by atoms with van der Waals surface area (Å²) in [5.41, 5.74) is -0.774. The van der Waals surface area contributed by atoms with E-state index >= 15 is 0 Å². The summed E-state index contributed by atoms with van der Waals surface area (Å²) < 4.78 is 27.2. The Hall–Kier alpha value is -1.88. The van der Waals surface area contributed by atoms with Crippen LogP contribution in [0.5, 0.6) is 0 Å². The van der Waals surface area contributed by atoms with Crippen LogP contribution in [0.3, 0.4) is 0 Å². The van der Waals surface area contributed by atoms with Crippen molar-refractivity contribution in [2.45, 2.75) is 28.3 Å². The van der Waals surface area contributed by atoms with Crippen molar-refractivity contribution < 1.29 is 19.0 Å². The van der Waals surface area contributed by atoms with Crippen LogP contribution in [0, 0.1) is 11.6 Å². The number of thioether (sulfide) groups is 2. The van der Waals surface area contributed by atoms with E-state index < -0.39 is 17.2 Å². The number of fused-ring (bicyclic) bond motifs is 1. The second-order valence-electron chi connectivity index (χ2n) is 6.19. The molecule has 10 heteroatoms. The largest absolute Gasteiger partial charge is 0.394 e. The second kappa shape index (κ2) is 8.01. The van der Waals surface area contributed by atoms with Gasteiger partial charge in [-0.25, -0.2) is 18.7 Å². The smallest absolute Gasteiger partial charge is 0.191 e. The molecule has 0 spiro atoms. The number of aliphatic hydroxyl groups excluding tert-OH is 2. The highest BCUT2D eigenvalue weighted by molar-refractivity contribution is 8.03. The second-order valence-corrected chi connectivity index (χ2v) is 8.23. The van der Waals surface area contributed by atoms with Gasteiger partial charge in [-0.2, -0.15) is 0 Å². The molecule has 0 amide bonds. The SMILES string of the molecule is C=C1Nc2nc(SCc3cccc(F)c3F)nc(NC(C)(CO)CO)c2S1. The number of anilines is 2. The van der Waals surface area contributed by atoms with Gasteiger partial charge in [0.2, 0.25) is 0 Å². The maximum Gasteiger partial charge on any atom is 0.191 e. The highest BCUT2D eigenvalue weighted by Crippen LogP contribution is 2.44. The van der Waals surface area contributed by atoms with Crippen LogP contribution in [0.1, 0.15) is 12.5 Å². The van der Waals surface area contributed by atoms with Crippen LogP contribution in [-0.4, -0.2) is 38.9 Å². The lowest BCUT2D eigenvalue weighted by atomic mass is 10.1. The first kappa shape index (κ1) is 19.9. The molecule has 0 saturated carbocycles. The van der Waals surface area contributed by atoms with Crippen LogP contribution in [0.15, 0.2) is 39.9 Å². The zero-order valence-electron chi connectivity index (χ0n) is 14.4. The molecule has 4 N–H and O–H groups in total. The van der Waals surface area contributed by atoms with Crippen LogP contribution >= 0.6 is 23.5 Å². The molecule has 0 radical (unpaired) electrons. The van der Waals surface area contributed by atoms with Gasteiger partial charge in [-0.15, -0.1) is 0 Å². The Morgan fingerprint density at radius 3 is 2.74 bits per heavy atom. The number of hydrogen-bond acceptors (Lipinski definition) is 8. The zero-order chi connectivity index (χ0) is 19.6. The Labute approximate surface area is 163 Å². The summed E-state index contributed by atoms with van der Waals surface area (Å²) in [6.45, 7) is 4.89. The average Bonchev–Trinajstić information content (AvgIpc) is 3.03. The summed E-state index contributed by atoms with van der Waals surface area (Å²) in [5.74, 6) is -0.694. The molecule has 2 aromatic rings. The number of nitrogens with one attached hydrogen (secondary N) is 2. The first-order valence-corrected chi connectivity index (χ1v) is 9.77. The average molecular weight is 412 g/mol. The van der Waals surface area contributed by atoms with E-state index in [4.69, 9.17) is 0 Å². The molecule has 0 bridgehead atoms. The van der Waals surface area contributed by atoms with Gasteiger partial charge in [0.05, 0.1) is 28.7 Å². The van der Waals surface area contributed by atoms with E-state index in [1.165, 1.54) is 23.9 Å². The molecule has 0 unspecified atom stereocenters. The summed E-state index contributed by atoms with van der Waals surface area (Å²) in [6.07, 6.45) is 0. The van der Waals surface area contributed by atoms with Crippen molar-refractivity contribution in [3.8, 4) is 0 Å².